The number of hydrazine groups is 1. The number of amides is 2. The number of carbonyl (C=O) groups is 3. The molecule has 0 spiro atoms. The number of methoxy groups -OCH3 is 1. The van der Waals surface area contributed by atoms with Gasteiger partial charge in [0.25, 0.3) is 0 Å². The van der Waals surface area contributed by atoms with Gasteiger partial charge in [-0.25, -0.2) is 14.8 Å². The van der Waals surface area contributed by atoms with E-state index in [4.69, 9.17) is 9.47 Å². The molecule has 1 unspecified atom stereocenters. The highest BCUT2D eigenvalue weighted by molar-refractivity contribution is 5.86. The Hall–Kier alpha value is -4.39. The van der Waals surface area contributed by atoms with E-state index in [1.54, 1.807) is 0 Å². The van der Waals surface area contributed by atoms with Crippen molar-refractivity contribution in [3.63, 3.8) is 0 Å². The Bertz CT molecular complexity index is 1270. The molecule has 0 N–H and O–H groups in total. The van der Waals surface area contributed by atoms with Crippen LogP contribution in [0, 0.1) is 5.92 Å². The summed E-state index contributed by atoms with van der Waals surface area (Å²) in [4.78, 5) is 37.8. The summed E-state index contributed by atoms with van der Waals surface area (Å²) in [5.74, 6) is -0.790. The molecule has 7 nitrogen and oxygen atoms in total. The Balaban J connectivity index is 1.42. The first-order valence-corrected chi connectivity index (χ1v) is 13.1. The quantitative estimate of drug-likeness (QED) is 0.239. The van der Waals surface area contributed by atoms with Crippen LogP contribution in [-0.4, -0.2) is 47.7 Å². The molecule has 1 aliphatic rings. The second-order valence-corrected chi connectivity index (χ2v) is 9.78. The van der Waals surface area contributed by atoms with E-state index in [0.29, 0.717) is 6.42 Å². The van der Waals surface area contributed by atoms with Gasteiger partial charge >= 0.3 is 12.1 Å². The van der Waals surface area contributed by atoms with Crippen LogP contribution in [-0.2, 0) is 32.1 Å². The Morgan fingerprint density at radius 3 is 2.21 bits per heavy atom. The van der Waals surface area contributed by atoms with E-state index < -0.39 is 6.09 Å². The van der Waals surface area contributed by atoms with Gasteiger partial charge in [-0.2, -0.15) is 0 Å². The van der Waals surface area contributed by atoms with Crippen LogP contribution in [0.3, 0.4) is 0 Å². The minimum Gasteiger partial charge on any atom is -0.469 e. The van der Waals surface area contributed by atoms with Crippen LogP contribution in [0.5, 0.6) is 0 Å². The van der Waals surface area contributed by atoms with Crippen molar-refractivity contribution in [1.29, 1.82) is 0 Å². The van der Waals surface area contributed by atoms with Crippen molar-refractivity contribution >= 4 is 24.0 Å². The van der Waals surface area contributed by atoms with Crippen LogP contribution in [0.1, 0.15) is 42.0 Å². The first-order chi connectivity index (χ1) is 18.9. The van der Waals surface area contributed by atoms with E-state index >= 15 is 0 Å². The van der Waals surface area contributed by atoms with Gasteiger partial charge in [-0.05, 0) is 34.6 Å². The molecular weight excluding hydrogens is 492 g/mol. The maximum atomic E-state index is 13.3. The number of β-lactam (4-membered cyclic amide) rings is 1. The largest absolute Gasteiger partial charge is 0.469 e. The summed E-state index contributed by atoms with van der Waals surface area (Å²) in [5, 5.41) is 2.75. The molecule has 7 heteroatoms. The standard InChI is InChI=1S/C32H34N2O5/c1-24(19-31(36)38-2)22-33(34-29(21-30(34)35)18-17-25-9-5-3-6-10-25)32(37)39-23-28-15-13-27(14-16-28)20-26-11-7-4-8-12-26/h3-18,24,29H,19-23H2,1-2H3/b18-17+/t24-,29?/m0/s1. The maximum Gasteiger partial charge on any atom is 0.429 e. The summed E-state index contributed by atoms with van der Waals surface area (Å²) >= 11 is 0. The molecule has 0 aliphatic carbocycles. The lowest BCUT2D eigenvalue weighted by molar-refractivity contribution is -0.168. The lowest BCUT2D eigenvalue weighted by Crippen LogP contribution is -2.62. The fraction of sp³-hybridized carbons (Fsp3) is 0.281. The van der Waals surface area contributed by atoms with Gasteiger partial charge in [-0.15, -0.1) is 0 Å². The number of hydrogen-bond acceptors (Lipinski definition) is 5. The van der Waals surface area contributed by atoms with Crippen LogP contribution in [0.4, 0.5) is 4.79 Å². The second-order valence-electron chi connectivity index (χ2n) is 9.78. The molecule has 3 aromatic carbocycles. The molecule has 202 valence electrons. The van der Waals surface area contributed by atoms with Crippen LogP contribution in [0.25, 0.3) is 6.08 Å². The molecule has 2 atom stereocenters. The van der Waals surface area contributed by atoms with Crippen LogP contribution < -0.4 is 0 Å². The first-order valence-electron chi connectivity index (χ1n) is 13.1. The van der Waals surface area contributed by atoms with Crippen molar-refractivity contribution in [3.05, 3.63) is 113 Å². The van der Waals surface area contributed by atoms with Gasteiger partial charge in [0.05, 0.1) is 19.6 Å². The zero-order valence-corrected chi connectivity index (χ0v) is 22.4. The normalized spacial score (nSPS) is 15.5. The Morgan fingerprint density at radius 1 is 0.949 bits per heavy atom. The lowest BCUT2D eigenvalue weighted by Gasteiger charge is -2.45. The summed E-state index contributed by atoms with van der Waals surface area (Å²) in [6.07, 6.45) is 4.45. The zero-order valence-electron chi connectivity index (χ0n) is 22.4. The fourth-order valence-corrected chi connectivity index (χ4v) is 4.46. The van der Waals surface area contributed by atoms with E-state index in [-0.39, 0.29) is 43.4 Å². The summed E-state index contributed by atoms with van der Waals surface area (Å²) in [7, 11) is 1.33. The molecule has 1 fully saturated rings. The van der Waals surface area contributed by atoms with Gasteiger partial charge in [0.1, 0.15) is 6.61 Å². The van der Waals surface area contributed by atoms with Crippen molar-refractivity contribution < 1.29 is 23.9 Å². The number of esters is 1. The predicted molar refractivity (Wildman–Crippen MR) is 149 cm³/mol. The van der Waals surface area contributed by atoms with Gasteiger partial charge in [0.2, 0.25) is 5.91 Å². The number of carbonyl (C=O) groups excluding carboxylic acids is 3. The molecule has 39 heavy (non-hydrogen) atoms. The number of rotatable bonds is 11. The summed E-state index contributed by atoms with van der Waals surface area (Å²) in [6, 6.07) is 27.6. The van der Waals surface area contributed by atoms with Gasteiger partial charge < -0.3 is 9.47 Å². The van der Waals surface area contributed by atoms with Crippen molar-refractivity contribution in [2.24, 2.45) is 5.92 Å². The summed E-state index contributed by atoms with van der Waals surface area (Å²) in [5.41, 5.74) is 4.23. The van der Waals surface area contributed by atoms with E-state index in [1.165, 1.54) is 22.7 Å². The summed E-state index contributed by atoms with van der Waals surface area (Å²) in [6.45, 7) is 2.05. The third kappa shape index (κ3) is 7.80. The van der Waals surface area contributed by atoms with E-state index in [1.807, 2.05) is 91.9 Å². The molecular formula is C32H34N2O5. The van der Waals surface area contributed by atoms with Crippen molar-refractivity contribution in [3.8, 4) is 0 Å². The van der Waals surface area contributed by atoms with Gasteiger partial charge in [0.15, 0.2) is 0 Å². The van der Waals surface area contributed by atoms with E-state index in [2.05, 4.69) is 12.1 Å². The van der Waals surface area contributed by atoms with Crippen molar-refractivity contribution in [2.75, 3.05) is 13.7 Å². The topological polar surface area (TPSA) is 76.2 Å². The third-order valence-corrected chi connectivity index (χ3v) is 6.60. The smallest absolute Gasteiger partial charge is 0.429 e. The Labute approximate surface area is 229 Å². The Kier molecular flexibility index (Phi) is 9.51. The van der Waals surface area contributed by atoms with Gasteiger partial charge in [-0.1, -0.05) is 104 Å². The average molecular weight is 527 g/mol. The first kappa shape index (κ1) is 27.6. The third-order valence-electron chi connectivity index (χ3n) is 6.60. The fourth-order valence-electron chi connectivity index (χ4n) is 4.46. The maximum absolute atomic E-state index is 13.3. The zero-order chi connectivity index (χ0) is 27.6. The minimum absolute atomic E-state index is 0.0683. The van der Waals surface area contributed by atoms with Gasteiger partial charge in [0, 0.05) is 13.0 Å². The Morgan fingerprint density at radius 2 is 1.56 bits per heavy atom. The molecule has 3 aromatic rings. The monoisotopic (exact) mass is 526 g/mol. The highest BCUT2D eigenvalue weighted by atomic mass is 16.6. The lowest BCUT2D eigenvalue weighted by atomic mass is 10.0. The van der Waals surface area contributed by atoms with Crippen molar-refractivity contribution in [1.82, 2.24) is 10.0 Å². The minimum atomic E-state index is -0.633. The van der Waals surface area contributed by atoms with E-state index in [9.17, 15) is 14.4 Å². The number of nitrogens with zero attached hydrogens (tertiary/aromatic N) is 2. The SMILES string of the molecule is COC(=O)C[C@H](C)CN(C(=O)OCc1ccc(Cc2ccccc2)cc1)N1C(=O)CC1/C=C/c1ccccc1. The number of ether oxygens (including phenoxy) is 2. The molecule has 0 aromatic heterocycles. The molecule has 0 saturated carbocycles. The number of hydrogen-bond donors (Lipinski definition) is 0. The molecule has 1 aliphatic heterocycles. The van der Waals surface area contributed by atoms with Crippen LogP contribution in [0.2, 0.25) is 0 Å². The van der Waals surface area contributed by atoms with E-state index in [0.717, 1.165) is 23.1 Å². The molecule has 2 amide bonds. The molecule has 1 heterocycles. The molecule has 0 bridgehead atoms. The van der Waals surface area contributed by atoms with Gasteiger partial charge in [-0.3, -0.25) is 9.59 Å². The molecule has 4 rings (SSSR count). The highest BCUT2D eigenvalue weighted by Crippen LogP contribution is 2.26. The molecule has 1 saturated heterocycles. The number of benzene rings is 3. The second kappa shape index (κ2) is 13.4. The average Bonchev–Trinajstić information content (AvgIpc) is 2.95. The molecule has 0 radical (unpaired) electrons. The van der Waals surface area contributed by atoms with Crippen LogP contribution >= 0.6 is 0 Å². The summed E-state index contributed by atoms with van der Waals surface area (Å²) < 4.78 is 10.4. The predicted octanol–water partition coefficient (Wildman–Crippen LogP) is 5.64. The van der Waals surface area contributed by atoms with Crippen molar-refractivity contribution in [2.45, 2.75) is 38.8 Å². The highest BCUT2D eigenvalue weighted by Gasteiger charge is 2.42. The van der Waals surface area contributed by atoms with Crippen LogP contribution in [0.15, 0.2) is 91.0 Å².